The summed E-state index contributed by atoms with van der Waals surface area (Å²) in [5.74, 6) is 1.31. The second-order valence-electron chi connectivity index (χ2n) is 7.61. The van der Waals surface area contributed by atoms with Crippen molar-refractivity contribution in [3.63, 3.8) is 0 Å². The number of benzene rings is 2. The smallest absolute Gasteiger partial charge is 0.246 e. The van der Waals surface area contributed by atoms with Crippen molar-refractivity contribution in [2.24, 2.45) is 5.92 Å². The summed E-state index contributed by atoms with van der Waals surface area (Å²) in [6.07, 6.45) is 0.882. The summed E-state index contributed by atoms with van der Waals surface area (Å²) in [6, 6.07) is 10.1. The van der Waals surface area contributed by atoms with Gasteiger partial charge in [-0.3, -0.25) is 4.79 Å². The number of rotatable bonds is 7. The maximum atomic E-state index is 13.2. The van der Waals surface area contributed by atoms with Crippen LogP contribution in [0, 0.1) is 5.92 Å². The van der Waals surface area contributed by atoms with Crippen molar-refractivity contribution in [3.8, 4) is 17.2 Å². The van der Waals surface area contributed by atoms with E-state index in [0.29, 0.717) is 42.5 Å². The summed E-state index contributed by atoms with van der Waals surface area (Å²) < 4.78 is 43.9. The molecule has 0 aromatic heterocycles. The zero-order valence-corrected chi connectivity index (χ0v) is 19.2. The van der Waals surface area contributed by atoms with Crippen LogP contribution in [0.15, 0.2) is 41.3 Å². The second kappa shape index (κ2) is 9.56. The van der Waals surface area contributed by atoms with Crippen molar-refractivity contribution in [1.29, 1.82) is 0 Å². The van der Waals surface area contributed by atoms with Crippen LogP contribution in [0.25, 0.3) is 0 Å². The quantitative estimate of drug-likeness (QED) is 0.654. The van der Waals surface area contributed by atoms with E-state index in [1.54, 1.807) is 19.1 Å². The molecule has 2 aliphatic heterocycles. The topological polar surface area (TPSA) is 94.2 Å². The average Bonchev–Trinajstić information content (AvgIpc) is 3.27. The van der Waals surface area contributed by atoms with Crippen LogP contribution in [-0.2, 0) is 21.4 Å². The van der Waals surface area contributed by atoms with E-state index < -0.39 is 10.0 Å². The Bertz CT molecular complexity index is 1100. The van der Waals surface area contributed by atoms with Crippen molar-refractivity contribution >= 4 is 27.5 Å². The number of fused-ring (bicyclic) bond motifs is 1. The number of nitrogens with zero attached hydrogens (tertiary/aromatic N) is 1. The Morgan fingerprint density at radius 1 is 1.16 bits per heavy atom. The summed E-state index contributed by atoms with van der Waals surface area (Å²) in [7, 11) is -3.78. The molecule has 2 aliphatic rings. The molecule has 2 aromatic carbocycles. The molecule has 1 fully saturated rings. The van der Waals surface area contributed by atoms with E-state index in [0.717, 1.165) is 5.56 Å². The normalized spacial score (nSPS) is 16.7. The van der Waals surface area contributed by atoms with Crippen LogP contribution < -0.4 is 19.5 Å². The predicted molar refractivity (Wildman–Crippen MR) is 119 cm³/mol. The van der Waals surface area contributed by atoms with Gasteiger partial charge in [0.15, 0.2) is 11.5 Å². The van der Waals surface area contributed by atoms with Crippen LogP contribution in [0.4, 0.5) is 0 Å². The Morgan fingerprint density at radius 3 is 2.66 bits per heavy atom. The number of nitrogens with one attached hydrogen (secondary N) is 1. The number of sulfonamides is 1. The standard InChI is InChI=1S/C22H25ClN2O6S/c1-2-29-19-6-4-17(23)12-21(19)32(27,28)25-9-7-16(8-10-25)22(26)24-13-15-3-5-18-20(11-15)31-14-30-18/h3-6,11-12,16H,2,7-10,13-14H2,1H3,(H,24,26). The van der Waals surface area contributed by atoms with Gasteiger partial charge in [0.1, 0.15) is 10.6 Å². The van der Waals surface area contributed by atoms with Crippen molar-refractivity contribution in [1.82, 2.24) is 9.62 Å². The van der Waals surface area contributed by atoms with Gasteiger partial charge in [-0.15, -0.1) is 0 Å². The van der Waals surface area contributed by atoms with Gasteiger partial charge >= 0.3 is 0 Å². The molecule has 0 spiro atoms. The van der Waals surface area contributed by atoms with Crippen LogP contribution in [0.1, 0.15) is 25.3 Å². The lowest BCUT2D eigenvalue weighted by molar-refractivity contribution is -0.126. The third-order valence-electron chi connectivity index (χ3n) is 5.55. The van der Waals surface area contributed by atoms with Gasteiger partial charge in [-0.25, -0.2) is 8.42 Å². The van der Waals surface area contributed by atoms with Gasteiger partial charge in [0.2, 0.25) is 22.7 Å². The molecular formula is C22H25ClN2O6S. The first-order chi connectivity index (χ1) is 15.4. The molecule has 10 heteroatoms. The molecule has 172 valence electrons. The molecule has 2 heterocycles. The Hall–Kier alpha value is -2.49. The summed E-state index contributed by atoms with van der Waals surface area (Å²) in [4.78, 5) is 12.7. The summed E-state index contributed by atoms with van der Waals surface area (Å²) in [6.45, 7) is 3.21. The fraction of sp³-hybridized carbons (Fsp3) is 0.409. The highest BCUT2D eigenvalue weighted by Gasteiger charge is 2.34. The van der Waals surface area contributed by atoms with Crippen LogP contribution in [0.5, 0.6) is 17.2 Å². The van der Waals surface area contributed by atoms with E-state index in [4.69, 9.17) is 25.8 Å². The fourth-order valence-corrected chi connectivity index (χ4v) is 5.70. The van der Waals surface area contributed by atoms with Crippen LogP contribution >= 0.6 is 11.6 Å². The zero-order valence-electron chi connectivity index (χ0n) is 17.7. The Morgan fingerprint density at radius 2 is 1.91 bits per heavy atom. The number of halogens is 1. The van der Waals surface area contributed by atoms with Crippen molar-refractivity contribution < 1.29 is 27.4 Å². The van der Waals surface area contributed by atoms with Crippen molar-refractivity contribution in [2.75, 3.05) is 26.5 Å². The van der Waals surface area contributed by atoms with E-state index in [9.17, 15) is 13.2 Å². The Balaban J connectivity index is 1.35. The van der Waals surface area contributed by atoms with Crippen LogP contribution in [0.3, 0.4) is 0 Å². The summed E-state index contributed by atoms with van der Waals surface area (Å²) in [5.41, 5.74) is 0.909. The molecule has 0 bridgehead atoms. The minimum Gasteiger partial charge on any atom is -0.492 e. The largest absolute Gasteiger partial charge is 0.492 e. The fourth-order valence-electron chi connectivity index (χ4n) is 3.84. The first-order valence-corrected chi connectivity index (χ1v) is 12.3. The Kier molecular flexibility index (Phi) is 6.78. The molecule has 0 atom stereocenters. The highest BCUT2D eigenvalue weighted by molar-refractivity contribution is 7.89. The van der Waals surface area contributed by atoms with Gasteiger partial charge in [-0.05, 0) is 55.7 Å². The number of amides is 1. The van der Waals surface area contributed by atoms with Gasteiger partial charge in [-0.2, -0.15) is 4.31 Å². The van der Waals surface area contributed by atoms with E-state index in [1.807, 2.05) is 18.2 Å². The number of carbonyl (C=O) groups is 1. The van der Waals surface area contributed by atoms with E-state index in [1.165, 1.54) is 10.4 Å². The molecule has 1 N–H and O–H groups in total. The molecule has 4 rings (SSSR count). The molecule has 0 unspecified atom stereocenters. The SMILES string of the molecule is CCOc1ccc(Cl)cc1S(=O)(=O)N1CCC(C(=O)NCc2ccc3c(c2)OCO3)CC1. The molecule has 1 amide bonds. The second-order valence-corrected chi connectivity index (χ2v) is 9.95. The number of piperidine rings is 1. The van der Waals surface area contributed by atoms with Gasteiger partial charge in [-0.1, -0.05) is 17.7 Å². The molecule has 32 heavy (non-hydrogen) atoms. The van der Waals surface area contributed by atoms with Gasteiger partial charge in [0.05, 0.1) is 6.61 Å². The predicted octanol–water partition coefficient (Wildman–Crippen LogP) is 3.18. The minimum absolute atomic E-state index is 0.0533. The summed E-state index contributed by atoms with van der Waals surface area (Å²) in [5, 5.41) is 3.26. The van der Waals surface area contributed by atoms with Crippen LogP contribution in [-0.4, -0.2) is 45.1 Å². The number of carbonyl (C=O) groups excluding carboxylic acids is 1. The monoisotopic (exact) mass is 480 g/mol. The zero-order chi connectivity index (χ0) is 22.7. The van der Waals surface area contributed by atoms with Crippen molar-refractivity contribution in [2.45, 2.75) is 31.2 Å². The summed E-state index contributed by atoms with van der Waals surface area (Å²) >= 11 is 6.04. The van der Waals surface area contributed by atoms with Gasteiger partial charge in [0.25, 0.3) is 0 Å². The molecule has 8 nitrogen and oxygen atoms in total. The third-order valence-corrected chi connectivity index (χ3v) is 7.71. The van der Waals surface area contributed by atoms with Crippen molar-refractivity contribution in [3.05, 3.63) is 47.0 Å². The number of hydrogen-bond donors (Lipinski definition) is 1. The lowest BCUT2D eigenvalue weighted by atomic mass is 9.97. The third kappa shape index (κ3) is 4.79. The molecule has 0 radical (unpaired) electrons. The molecule has 0 saturated carbocycles. The van der Waals surface area contributed by atoms with Crippen LogP contribution in [0.2, 0.25) is 5.02 Å². The highest BCUT2D eigenvalue weighted by Crippen LogP contribution is 2.33. The molecule has 2 aromatic rings. The lowest BCUT2D eigenvalue weighted by Gasteiger charge is -2.31. The lowest BCUT2D eigenvalue weighted by Crippen LogP contribution is -2.42. The molecular weight excluding hydrogens is 456 g/mol. The number of hydrogen-bond acceptors (Lipinski definition) is 6. The first-order valence-electron chi connectivity index (χ1n) is 10.5. The minimum atomic E-state index is -3.78. The van der Waals surface area contributed by atoms with E-state index >= 15 is 0 Å². The average molecular weight is 481 g/mol. The highest BCUT2D eigenvalue weighted by atomic mass is 35.5. The maximum Gasteiger partial charge on any atom is 0.246 e. The Labute approximate surface area is 192 Å². The first kappa shape index (κ1) is 22.7. The van der Waals surface area contributed by atoms with Gasteiger partial charge < -0.3 is 19.5 Å². The van der Waals surface area contributed by atoms with E-state index in [-0.39, 0.29) is 42.4 Å². The maximum absolute atomic E-state index is 13.2. The molecule has 1 saturated heterocycles. The van der Waals surface area contributed by atoms with E-state index in [2.05, 4.69) is 5.32 Å². The molecule has 0 aliphatic carbocycles. The van der Waals surface area contributed by atoms with Gasteiger partial charge in [0, 0.05) is 30.6 Å². The number of ether oxygens (including phenoxy) is 3.